The first-order valence-corrected chi connectivity index (χ1v) is 5.45. The van der Waals surface area contributed by atoms with Crippen LogP contribution in [0, 0.1) is 0 Å². The number of rotatable bonds is 2. The molecule has 0 saturated heterocycles. The summed E-state index contributed by atoms with van der Waals surface area (Å²) in [5.41, 5.74) is 6.72. The van der Waals surface area contributed by atoms with Crippen molar-refractivity contribution < 1.29 is 17.9 Å². The van der Waals surface area contributed by atoms with Gasteiger partial charge in [0.1, 0.15) is 5.75 Å². The van der Waals surface area contributed by atoms with E-state index in [1.54, 1.807) is 6.07 Å². The maximum atomic E-state index is 11.9. The summed E-state index contributed by atoms with van der Waals surface area (Å²) < 4.78 is 39.3. The van der Waals surface area contributed by atoms with E-state index in [2.05, 4.69) is 4.74 Å². The molecule has 0 aromatic heterocycles. The van der Waals surface area contributed by atoms with Gasteiger partial charge in [-0.15, -0.1) is 13.2 Å². The van der Waals surface area contributed by atoms with E-state index in [0.29, 0.717) is 5.69 Å². The zero-order valence-electron chi connectivity index (χ0n) is 10.4. The smallest absolute Gasteiger partial charge is 0.406 e. The number of anilines is 1. The van der Waals surface area contributed by atoms with Crippen LogP contribution in [0.25, 0.3) is 0 Å². The van der Waals surface area contributed by atoms with Crippen molar-refractivity contribution in [3.63, 3.8) is 0 Å². The van der Waals surface area contributed by atoms with Crippen molar-refractivity contribution in [2.45, 2.75) is 40.0 Å². The number of nitrogens with two attached hydrogens (primary N) is 1. The second-order valence-corrected chi connectivity index (χ2v) is 3.49. The summed E-state index contributed by atoms with van der Waals surface area (Å²) in [5, 5.41) is 0. The van der Waals surface area contributed by atoms with Crippen LogP contribution >= 0.6 is 0 Å². The van der Waals surface area contributed by atoms with Crippen molar-refractivity contribution in [1.29, 1.82) is 0 Å². The van der Waals surface area contributed by atoms with Crippen LogP contribution < -0.4 is 10.5 Å². The first-order chi connectivity index (χ1) is 7.79. The molecule has 0 unspecified atom stereocenters. The van der Waals surface area contributed by atoms with Crippen molar-refractivity contribution in [2.75, 3.05) is 5.73 Å². The Morgan fingerprint density at radius 1 is 1.18 bits per heavy atom. The lowest BCUT2D eigenvalue weighted by molar-refractivity contribution is -0.274. The van der Waals surface area contributed by atoms with Crippen LogP contribution in [-0.2, 0) is 0 Å². The minimum absolute atomic E-state index is 0.171. The summed E-state index contributed by atoms with van der Waals surface area (Å²) in [6.07, 6.45) is -4.67. The zero-order valence-corrected chi connectivity index (χ0v) is 10.4. The second-order valence-electron chi connectivity index (χ2n) is 3.49. The van der Waals surface area contributed by atoms with Gasteiger partial charge in [-0.05, 0) is 17.5 Å². The number of nitrogen functional groups attached to an aromatic ring is 1. The topological polar surface area (TPSA) is 35.2 Å². The van der Waals surface area contributed by atoms with E-state index in [1.807, 2.05) is 27.7 Å². The zero-order chi connectivity index (χ0) is 13.6. The van der Waals surface area contributed by atoms with Gasteiger partial charge >= 0.3 is 6.36 Å². The summed E-state index contributed by atoms with van der Waals surface area (Å²) in [7, 11) is 0. The van der Waals surface area contributed by atoms with E-state index in [9.17, 15) is 13.2 Å². The molecule has 0 aliphatic heterocycles. The third-order valence-electron chi connectivity index (χ3n) is 1.91. The Morgan fingerprint density at radius 3 is 2.06 bits per heavy atom. The number of alkyl halides is 3. The molecule has 5 heteroatoms. The quantitative estimate of drug-likeness (QED) is 0.792. The Balaban J connectivity index is 0.00000121. The minimum atomic E-state index is -4.67. The standard InChI is InChI=1S/C10H12F3NO.C2H6/c1-6(2)8-4-3-7(5-9(8)14)15-10(11,12)13;1-2/h3-6H,14H2,1-2H3;1-2H3. The summed E-state index contributed by atoms with van der Waals surface area (Å²) in [6.45, 7) is 7.83. The Bertz CT molecular complexity index is 348. The van der Waals surface area contributed by atoms with E-state index in [0.717, 1.165) is 5.56 Å². The Kier molecular flexibility index (Phi) is 5.85. The average Bonchev–Trinajstić information content (AvgIpc) is 2.17. The molecule has 0 spiro atoms. The molecule has 98 valence electrons. The third-order valence-corrected chi connectivity index (χ3v) is 1.91. The van der Waals surface area contributed by atoms with E-state index < -0.39 is 6.36 Å². The van der Waals surface area contributed by atoms with Crippen LogP contribution in [0.15, 0.2) is 18.2 Å². The van der Waals surface area contributed by atoms with Crippen molar-refractivity contribution in [2.24, 2.45) is 0 Å². The van der Waals surface area contributed by atoms with E-state index in [1.165, 1.54) is 12.1 Å². The number of benzene rings is 1. The van der Waals surface area contributed by atoms with Gasteiger partial charge in [-0.25, -0.2) is 0 Å². The molecule has 0 atom stereocenters. The van der Waals surface area contributed by atoms with Gasteiger partial charge in [-0.3, -0.25) is 0 Å². The first kappa shape index (κ1) is 15.6. The van der Waals surface area contributed by atoms with Crippen molar-refractivity contribution >= 4 is 5.69 Å². The SMILES string of the molecule is CC.CC(C)c1ccc(OC(F)(F)F)cc1N. The fourth-order valence-corrected chi connectivity index (χ4v) is 1.28. The van der Waals surface area contributed by atoms with Crippen molar-refractivity contribution in [1.82, 2.24) is 0 Å². The highest BCUT2D eigenvalue weighted by molar-refractivity contribution is 5.52. The summed E-state index contributed by atoms with van der Waals surface area (Å²) in [6, 6.07) is 3.99. The summed E-state index contributed by atoms with van der Waals surface area (Å²) in [4.78, 5) is 0. The molecule has 0 saturated carbocycles. The number of hydrogen-bond donors (Lipinski definition) is 1. The molecular formula is C12H18F3NO. The average molecular weight is 249 g/mol. The van der Waals surface area contributed by atoms with Gasteiger partial charge in [0.15, 0.2) is 0 Å². The molecule has 2 nitrogen and oxygen atoms in total. The van der Waals surface area contributed by atoms with E-state index in [-0.39, 0.29) is 11.7 Å². The molecular weight excluding hydrogens is 231 g/mol. The van der Waals surface area contributed by atoms with Crippen molar-refractivity contribution in [3.05, 3.63) is 23.8 Å². The minimum Gasteiger partial charge on any atom is -0.406 e. The highest BCUT2D eigenvalue weighted by Gasteiger charge is 2.31. The fraction of sp³-hybridized carbons (Fsp3) is 0.500. The largest absolute Gasteiger partial charge is 0.573 e. The summed E-state index contributed by atoms with van der Waals surface area (Å²) in [5.74, 6) is -0.116. The number of halogens is 3. The lowest BCUT2D eigenvalue weighted by Gasteiger charge is -2.13. The predicted molar refractivity (Wildman–Crippen MR) is 63.0 cm³/mol. The van der Waals surface area contributed by atoms with Crippen LogP contribution in [0.3, 0.4) is 0 Å². The van der Waals surface area contributed by atoms with Crippen LogP contribution in [-0.4, -0.2) is 6.36 Å². The molecule has 1 aromatic carbocycles. The van der Waals surface area contributed by atoms with E-state index in [4.69, 9.17) is 5.73 Å². The monoisotopic (exact) mass is 249 g/mol. The van der Waals surface area contributed by atoms with E-state index >= 15 is 0 Å². The predicted octanol–water partition coefficient (Wildman–Crippen LogP) is 4.32. The molecule has 17 heavy (non-hydrogen) atoms. The molecule has 0 bridgehead atoms. The summed E-state index contributed by atoms with van der Waals surface area (Å²) >= 11 is 0. The van der Waals surface area contributed by atoms with Gasteiger partial charge in [0.05, 0.1) is 0 Å². The third kappa shape index (κ3) is 5.47. The molecule has 0 aliphatic carbocycles. The van der Waals surface area contributed by atoms with Gasteiger partial charge in [-0.2, -0.15) is 0 Å². The van der Waals surface area contributed by atoms with Crippen LogP contribution in [0.1, 0.15) is 39.2 Å². The normalized spacial score (nSPS) is 10.8. The molecule has 2 N–H and O–H groups in total. The second kappa shape index (κ2) is 6.37. The molecule has 0 aliphatic rings. The van der Waals surface area contributed by atoms with Gasteiger partial charge in [0, 0.05) is 11.8 Å². The fourth-order valence-electron chi connectivity index (χ4n) is 1.28. The van der Waals surface area contributed by atoms with Gasteiger partial charge in [0.2, 0.25) is 0 Å². The maximum absolute atomic E-state index is 11.9. The molecule has 1 aromatic rings. The lowest BCUT2D eigenvalue weighted by atomic mass is 10.0. The maximum Gasteiger partial charge on any atom is 0.573 e. The molecule has 1 rings (SSSR count). The van der Waals surface area contributed by atoms with Crippen LogP contribution in [0.4, 0.5) is 18.9 Å². The lowest BCUT2D eigenvalue weighted by Crippen LogP contribution is -2.17. The van der Waals surface area contributed by atoms with Crippen molar-refractivity contribution in [3.8, 4) is 5.75 Å². The van der Waals surface area contributed by atoms with Crippen LogP contribution in [0.2, 0.25) is 0 Å². The van der Waals surface area contributed by atoms with Crippen LogP contribution in [0.5, 0.6) is 5.75 Å². The first-order valence-electron chi connectivity index (χ1n) is 5.45. The Labute approximate surface area is 99.6 Å². The Morgan fingerprint density at radius 2 is 1.71 bits per heavy atom. The Hall–Kier alpha value is -1.39. The highest BCUT2D eigenvalue weighted by atomic mass is 19.4. The van der Waals surface area contributed by atoms with Gasteiger partial charge < -0.3 is 10.5 Å². The number of hydrogen-bond acceptors (Lipinski definition) is 2. The molecule has 0 radical (unpaired) electrons. The highest BCUT2D eigenvalue weighted by Crippen LogP contribution is 2.29. The molecule has 0 fully saturated rings. The van der Waals surface area contributed by atoms with Gasteiger partial charge in [-0.1, -0.05) is 33.8 Å². The molecule has 0 amide bonds. The number of ether oxygens (including phenoxy) is 1. The van der Waals surface area contributed by atoms with Gasteiger partial charge in [0.25, 0.3) is 0 Å². The molecule has 0 heterocycles.